The SMILES string of the molecule is O=C1c2ccccc2OC(c2ccccc2)C1CO. The number of hydrogen-bond acceptors (Lipinski definition) is 3. The molecule has 2 atom stereocenters. The van der Waals surface area contributed by atoms with Crippen LogP contribution in [0.1, 0.15) is 22.0 Å². The number of para-hydroxylation sites is 1. The third-order valence-electron chi connectivity index (χ3n) is 3.43. The fraction of sp³-hybridized carbons (Fsp3) is 0.188. The highest BCUT2D eigenvalue weighted by Crippen LogP contribution is 2.38. The molecule has 2 unspecified atom stereocenters. The van der Waals surface area contributed by atoms with E-state index in [1.54, 1.807) is 18.2 Å². The van der Waals surface area contributed by atoms with Gasteiger partial charge in [-0.1, -0.05) is 42.5 Å². The van der Waals surface area contributed by atoms with Crippen molar-refractivity contribution in [2.24, 2.45) is 5.92 Å². The molecule has 19 heavy (non-hydrogen) atoms. The summed E-state index contributed by atoms with van der Waals surface area (Å²) in [6.45, 7) is -0.216. The summed E-state index contributed by atoms with van der Waals surface area (Å²) in [5, 5.41) is 9.52. The number of fused-ring (bicyclic) bond motifs is 1. The summed E-state index contributed by atoms with van der Waals surface area (Å²) in [6.07, 6.45) is -0.423. The van der Waals surface area contributed by atoms with Crippen molar-refractivity contribution in [1.82, 2.24) is 0 Å². The number of benzene rings is 2. The summed E-state index contributed by atoms with van der Waals surface area (Å²) < 4.78 is 5.91. The average Bonchev–Trinajstić information content (AvgIpc) is 2.48. The van der Waals surface area contributed by atoms with Gasteiger partial charge in [-0.2, -0.15) is 0 Å². The summed E-state index contributed by atoms with van der Waals surface area (Å²) in [6, 6.07) is 16.7. The van der Waals surface area contributed by atoms with Crippen molar-refractivity contribution < 1.29 is 14.6 Å². The Balaban J connectivity index is 2.05. The molecule has 3 nitrogen and oxygen atoms in total. The number of ether oxygens (including phenoxy) is 1. The molecule has 96 valence electrons. The highest BCUT2D eigenvalue weighted by molar-refractivity contribution is 6.01. The standard InChI is InChI=1S/C16H14O3/c17-10-13-15(18)12-8-4-5-9-14(12)19-16(13)11-6-2-1-3-7-11/h1-9,13,16-17H,10H2. The zero-order valence-electron chi connectivity index (χ0n) is 10.3. The van der Waals surface area contributed by atoms with Crippen LogP contribution in [0.2, 0.25) is 0 Å². The van der Waals surface area contributed by atoms with E-state index in [0.29, 0.717) is 11.3 Å². The van der Waals surface area contributed by atoms with Crippen molar-refractivity contribution in [3.05, 3.63) is 65.7 Å². The molecule has 1 aliphatic heterocycles. The van der Waals surface area contributed by atoms with Gasteiger partial charge in [0, 0.05) is 0 Å². The molecule has 0 saturated heterocycles. The second-order valence-electron chi connectivity index (χ2n) is 4.60. The number of carbonyl (C=O) groups excluding carboxylic acids is 1. The van der Waals surface area contributed by atoms with Gasteiger partial charge in [0.25, 0.3) is 0 Å². The number of ketones is 1. The Labute approximate surface area is 111 Å². The van der Waals surface area contributed by atoms with Crippen molar-refractivity contribution >= 4 is 5.78 Å². The monoisotopic (exact) mass is 254 g/mol. The summed E-state index contributed by atoms with van der Waals surface area (Å²) >= 11 is 0. The van der Waals surface area contributed by atoms with E-state index in [4.69, 9.17) is 4.74 Å². The molecule has 0 fully saturated rings. The maximum Gasteiger partial charge on any atom is 0.176 e. The predicted octanol–water partition coefficient (Wildman–Crippen LogP) is 2.61. The van der Waals surface area contributed by atoms with Crippen LogP contribution in [0, 0.1) is 5.92 Å². The summed E-state index contributed by atoms with van der Waals surface area (Å²) in [5.74, 6) is -0.0124. The maximum atomic E-state index is 12.4. The van der Waals surface area contributed by atoms with Crippen LogP contribution in [0.3, 0.4) is 0 Å². The molecular weight excluding hydrogens is 240 g/mol. The topological polar surface area (TPSA) is 46.5 Å². The van der Waals surface area contributed by atoms with Crippen LogP contribution in [-0.2, 0) is 0 Å². The van der Waals surface area contributed by atoms with E-state index in [2.05, 4.69) is 0 Å². The van der Waals surface area contributed by atoms with Crippen LogP contribution in [-0.4, -0.2) is 17.5 Å². The zero-order chi connectivity index (χ0) is 13.2. The average molecular weight is 254 g/mol. The first-order chi connectivity index (χ1) is 9.31. The molecule has 0 radical (unpaired) electrons. The number of rotatable bonds is 2. The van der Waals surface area contributed by atoms with Crippen LogP contribution in [0.15, 0.2) is 54.6 Å². The third kappa shape index (κ3) is 2.02. The van der Waals surface area contributed by atoms with Crippen molar-refractivity contribution in [2.75, 3.05) is 6.61 Å². The molecule has 1 aliphatic rings. The smallest absolute Gasteiger partial charge is 0.176 e. The fourth-order valence-electron chi connectivity index (χ4n) is 2.45. The van der Waals surface area contributed by atoms with Gasteiger partial charge in [-0.15, -0.1) is 0 Å². The quantitative estimate of drug-likeness (QED) is 0.896. The lowest BCUT2D eigenvalue weighted by atomic mass is 9.86. The van der Waals surface area contributed by atoms with Gasteiger partial charge in [-0.05, 0) is 17.7 Å². The Bertz CT molecular complexity index is 592. The minimum Gasteiger partial charge on any atom is -0.484 e. The number of hydrogen-bond donors (Lipinski definition) is 1. The first kappa shape index (κ1) is 11.9. The Kier molecular flexibility index (Phi) is 3.05. The van der Waals surface area contributed by atoms with Gasteiger partial charge in [0.05, 0.1) is 18.1 Å². The molecule has 0 aromatic heterocycles. The van der Waals surface area contributed by atoms with Gasteiger partial charge < -0.3 is 9.84 Å². The minimum atomic E-state index is -0.544. The Hall–Kier alpha value is -2.13. The maximum absolute atomic E-state index is 12.4. The second kappa shape index (κ2) is 4.86. The van der Waals surface area contributed by atoms with Gasteiger partial charge in [0.1, 0.15) is 11.9 Å². The minimum absolute atomic E-state index is 0.0572. The van der Waals surface area contributed by atoms with Crippen LogP contribution >= 0.6 is 0 Å². The Morgan fingerprint density at radius 3 is 2.42 bits per heavy atom. The zero-order valence-corrected chi connectivity index (χ0v) is 10.3. The second-order valence-corrected chi connectivity index (χ2v) is 4.60. The lowest BCUT2D eigenvalue weighted by Crippen LogP contribution is -2.34. The van der Waals surface area contributed by atoms with Crippen LogP contribution in [0.5, 0.6) is 5.75 Å². The van der Waals surface area contributed by atoms with Crippen LogP contribution in [0.4, 0.5) is 0 Å². The highest BCUT2D eigenvalue weighted by Gasteiger charge is 2.37. The Morgan fingerprint density at radius 1 is 1.00 bits per heavy atom. The highest BCUT2D eigenvalue weighted by atomic mass is 16.5. The summed E-state index contributed by atoms with van der Waals surface area (Å²) in [4.78, 5) is 12.4. The summed E-state index contributed by atoms with van der Waals surface area (Å²) in [7, 11) is 0. The van der Waals surface area contributed by atoms with Crippen LogP contribution in [0.25, 0.3) is 0 Å². The van der Waals surface area contributed by atoms with E-state index in [0.717, 1.165) is 5.56 Å². The first-order valence-corrected chi connectivity index (χ1v) is 6.27. The van der Waals surface area contributed by atoms with Gasteiger partial charge >= 0.3 is 0 Å². The largest absolute Gasteiger partial charge is 0.484 e. The van der Waals surface area contributed by atoms with Gasteiger partial charge in [-0.25, -0.2) is 0 Å². The van der Waals surface area contributed by atoms with E-state index in [1.807, 2.05) is 36.4 Å². The lowest BCUT2D eigenvalue weighted by molar-refractivity contribution is 0.0497. The van der Waals surface area contributed by atoms with Crippen molar-refractivity contribution in [3.8, 4) is 5.75 Å². The van der Waals surface area contributed by atoms with E-state index >= 15 is 0 Å². The summed E-state index contributed by atoms with van der Waals surface area (Å²) in [5.41, 5.74) is 1.46. The molecule has 1 heterocycles. The molecule has 3 heteroatoms. The predicted molar refractivity (Wildman–Crippen MR) is 71.2 cm³/mol. The normalized spacial score (nSPS) is 21.6. The number of aliphatic hydroxyl groups is 1. The fourth-order valence-corrected chi connectivity index (χ4v) is 2.45. The molecular formula is C16H14O3. The van der Waals surface area contributed by atoms with Gasteiger partial charge in [0.2, 0.25) is 0 Å². The van der Waals surface area contributed by atoms with Crippen molar-refractivity contribution in [1.29, 1.82) is 0 Å². The molecule has 2 aromatic rings. The van der Waals surface area contributed by atoms with E-state index < -0.39 is 12.0 Å². The molecule has 0 aliphatic carbocycles. The molecule has 1 N–H and O–H groups in total. The number of carbonyl (C=O) groups is 1. The molecule has 0 spiro atoms. The van der Waals surface area contributed by atoms with Gasteiger partial charge in [0.15, 0.2) is 5.78 Å². The van der Waals surface area contributed by atoms with E-state index in [1.165, 1.54) is 0 Å². The first-order valence-electron chi connectivity index (χ1n) is 6.27. The van der Waals surface area contributed by atoms with E-state index in [-0.39, 0.29) is 12.4 Å². The van der Waals surface area contributed by atoms with Gasteiger partial charge in [-0.3, -0.25) is 4.79 Å². The molecule has 3 rings (SSSR count). The third-order valence-corrected chi connectivity index (χ3v) is 3.43. The molecule has 0 bridgehead atoms. The van der Waals surface area contributed by atoms with Crippen molar-refractivity contribution in [2.45, 2.75) is 6.10 Å². The Morgan fingerprint density at radius 2 is 1.68 bits per heavy atom. The number of aliphatic hydroxyl groups excluding tert-OH is 1. The van der Waals surface area contributed by atoms with E-state index in [9.17, 15) is 9.90 Å². The van der Waals surface area contributed by atoms with Crippen LogP contribution < -0.4 is 4.74 Å². The lowest BCUT2D eigenvalue weighted by Gasteiger charge is -2.31. The molecule has 2 aromatic carbocycles. The van der Waals surface area contributed by atoms with Crippen molar-refractivity contribution in [3.63, 3.8) is 0 Å². The molecule has 0 saturated carbocycles. The molecule has 0 amide bonds. The number of Topliss-reactive ketones (excluding diaryl/α,β-unsaturated/α-hetero) is 1.